The van der Waals surface area contributed by atoms with Crippen LogP contribution in [0.5, 0.6) is 0 Å². The van der Waals surface area contributed by atoms with E-state index in [-0.39, 0.29) is 23.3 Å². The van der Waals surface area contributed by atoms with Crippen LogP contribution in [0.25, 0.3) is 16.7 Å². The van der Waals surface area contributed by atoms with E-state index in [1.807, 2.05) is 4.90 Å². The molecule has 2 N–H and O–H groups in total. The number of carbonyl (C=O) groups is 1. The number of anilines is 2. The van der Waals surface area contributed by atoms with E-state index in [0.717, 1.165) is 6.07 Å². The van der Waals surface area contributed by atoms with Gasteiger partial charge in [0.1, 0.15) is 0 Å². The highest BCUT2D eigenvalue weighted by Gasteiger charge is 2.34. The third-order valence-electron chi connectivity index (χ3n) is 6.99. The van der Waals surface area contributed by atoms with Gasteiger partial charge in [0, 0.05) is 49.8 Å². The molecule has 1 aliphatic rings. The highest BCUT2D eigenvalue weighted by atomic mass is 19.4. The number of hydrogen-bond donors (Lipinski definition) is 2. The molecule has 10 nitrogen and oxygen atoms in total. The Hall–Kier alpha value is -4.36. The van der Waals surface area contributed by atoms with E-state index in [1.54, 1.807) is 45.3 Å². The number of rotatable bonds is 6. The van der Waals surface area contributed by atoms with Gasteiger partial charge in [-0.05, 0) is 49.2 Å². The molecular weight excluding hydrogens is 539 g/mol. The van der Waals surface area contributed by atoms with Crippen LogP contribution in [0.3, 0.4) is 0 Å². The summed E-state index contributed by atoms with van der Waals surface area (Å²) in [5, 5.41) is 6.03. The summed E-state index contributed by atoms with van der Waals surface area (Å²) in [5.74, 6) is -0.387. The van der Waals surface area contributed by atoms with Crippen molar-refractivity contribution in [3.63, 3.8) is 0 Å². The molecule has 1 aliphatic heterocycles. The standard InChI is InChI=1S/C28H28F3N7O3/c1-16-4-7-20(13-23(16)38-17(2)21-14-33-26(32-3)35-24(21)36-27(38)40)34-25(39)18-5-6-19(22(12-18)28(29,30)31)15-37-8-10-41-11-9-37/h4-7,12-14H,8-11,15H2,1-3H3,(H,34,39)(H,32,35,36,40). The van der Waals surface area contributed by atoms with E-state index in [0.29, 0.717) is 60.3 Å². The lowest BCUT2D eigenvalue weighted by atomic mass is 10.0. The Morgan fingerprint density at radius 2 is 1.83 bits per heavy atom. The number of carbonyl (C=O) groups excluding carboxylic acids is 1. The number of nitrogens with one attached hydrogen (secondary N) is 2. The topological polar surface area (TPSA) is 114 Å². The second-order valence-electron chi connectivity index (χ2n) is 9.71. The van der Waals surface area contributed by atoms with E-state index < -0.39 is 23.3 Å². The van der Waals surface area contributed by atoms with Crippen molar-refractivity contribution in [2.45, 2.75) is 26.6 Å². The molecule has 1 fully saturated rings. The average Bonchev–Trinajstić information content (AvgIpc) is 2.94. The van der Waals surface area contributed by atoms with E-state index in [2.05, 4.69) is 25.6 Å². The molecule has 0 saturated carbocycles. The zero-order valence-corrected chi connectivity index (χ0v) is 22.7. The minimum atomic E-state index is -4.63. The summed E-state index contributed by atoms with van der Waals surface area (Å²) in [7, 11) is 1.65. The molecule has 2 aromatic heterocycles. The fourth-order valence-electron chi connectivity index (χ4n) is 4.77. The van der Waals surface area contributed by atoms with E-state index in [4.69, 9.17) is 4.74 Å². The summed E-state index contributed by atoms with van der Waals surface area (Å²) in [6.45, 7) is 5.63. The molecule has 0 radical (unpaired) electrons. The van der Waals surface area contributed by atoms with Gasteiger partial charge in [-0.1, -0.05) is 12.1 Å². The zero-order chi connectivity index (χ0) is 29.3. The van der Waals surface area contributed by atoms with Crippen LogP contribution < -0.4 is 16.3 Å². The van der Waals surface area contributed by atoms with Crippen molar-refractivity contribution in [2.75, 3.05) is 44.0 Å². The van der Waals surface area contributed by atoms with Crippen LogP contribution in [0, 0.1) is 13.8 Å². The van der Waals surface area contributed by atoms with Gasteiger partial charge in [0.05, 0.1) is 29.9 Å². The number of aryl methyl sites for hydroxylation is 2. The molecule has 3 heterocycles. The average molecular weight is 568 g/mol. The van der Waals surface area contributed by atoms with Crippen molar-refractivity contribution in [2.24, 2.45) is 0 Å². The lowest BCUT2D eigenvalue weighted by Crippen LogP contribution is -2.36. The van der Waals surface area contributed by atoms with Gasteiger partial charge in [-0.3, -0.25) is 14.3 Å². The van der Waals surface area contributed by atoms with Gasteiger partial charge < -0.3 is 15.4 Å². The van der Waals surface area contributed by atoms with Gasteiger partial charge in [-0.2, -0.15) is 23.1 Å². The first-order chi connectivity index (χ1) is 19.5. The number of ether oxygens (including phenoxy) is 1. The van der Waals surface area contributed by atoms with Crippen molar-refractivity contribution >= 4 is 28.6 Å². The maximum atomic E-state index is 14.0. The molecule has 4 aromatic rings. The molecule has 5 rings (SSSR count). The molecule has 0 unspecified atom stereocenters. The Balaban J connectivity index is 1.45. The summed E-state index contributed by atoms with van der Waals surface area (Å²) in [6, 6.07) is 8.51. The smallest absolute Gasteiger partial charge is 0.379 e. The molecule has 214 valence electrons. The van der Waals surface area contributed by atoms with Crippen LogP contribution in [0.2, 0.25) is 0 Å². The number of morpholine rings is 1. The van der Waals surface area contributed by atoms with Crippen molar-refractivity contribution in [3.05, 3.63) is 81.0 Å². The van der Waals surface area contributed by atoms with Crippen LogP contribution in [-0.4, -0.2) is 63.7 Å². The molecule has 2 aromatic carbocycles. The molecule has 1 saturated heterocycles. The van der Waals surface area contributed by atoms with Crippen LogP contribution >= 0.6 is 0 Å². The molecule has 0 bridgehead atoms. The second-order valence-corrected chi connectivity index (χ2v) is 9.71. The normalized spacial score (nSPS) is 14.3. The second kappa shape index (κ2) is 11.3. The van der Waals surface area contributed by atoms with Gasteiger partial charge >= 0.3 is 11.9 Å². The first-order valence-corrected chi connectivity index (χ1v) is 12.9. The van der Waals surface area contributed by atoms with Crippen molar-refractivity contribution in [1.82, 2.24) is 24.4 Å². The Kier molecular flexibility index (Phi) is 7.74. The SMILES string of the molecule is CNc1ncc2c(C)n(-c3cc(NC(=O)c4ccc(CN5CCOCC5)c(C(F)(F)F)c4)ccc3C)c(=O)nc2n1. The van der Waals surface area contributed by atoms with Crippen LogP contribution in [0.15, 0.2) is 47.4 Å². The number of aromatic nitrogens is 4. The third kappa shape index (κ3) is 5.91. The number of alkyl halides is 3. The minimum absolute atomic E-state index is 0.0954. The summed E-state index contributed by atoms with van der Waals surface area (Å²) < 4.78 is 48.6. The van der Waals surface area contributed by atoms with Crippen molar-refractivity contribution < 1.29 is 22.7 Å². The van der Waals surface area contributed by atoms with E-state index in [1.165, 1.54) is 16.7 Å². The minimum Gasteiger partial charge on any atom is -0.379 e. The Morgan fingerprint density at radius 3 is 2.54 bits per heavy atom. The lowest BCUT2D eigenvalue weighted by molar-refractivity contribution is -0.138. The summed E-state index contributed by atoms with van der Waals surface area (Å²) in [6.07, 6.45) is -3.07. The third-order valence-corrected chi connectivity index (χ3v) is 6.99. The van der Waals surface area contributed by atoms with Gasteiger partial charge in [0.2, 0.25) is 5.95 Å². The largest absolute Gasteiger partial charge is 0.416 e. The highest BCUT2D eigenvalue weighted by Crippen LogP contribution is 2.34. The Labute approximate surface area is 233 Å². The van der Waals surface area contributed by atoms with Crippen molar-refractivity contribution in [3.8, 4) is 5.69 Å². The Morgan fingerprint density at radius 1 is 1.07 bits per heavy atom. The molecule has 0 atom stereocenters. The quantitative estimate of drug-likeness (QED) is 0.360. The van der Waals surface area contributed by atoms with Crippen molar-refractivity contribution in [1.29, 1.82) is 0 Å². The highest BCUT2D eigenvalue weighted by molar-refractivity contribution is 6.04. The monoisotopic (exact) mass is 567 g/mol. The van der Waals surface area contributed by atoms with Crippen LogP contribution in [0.1, 0.15) is 32.7 Å². The summed E-state index contributed by atoms with van der Waals surface area (Å²) >= 11 is 0. The van der Waals surface area contributed by atoms with Crippen LogP contribution in [-0.2, 0) is 17.5 Å². The number of benzene rings is 2. The predicted octanol–water partition coefficient (Wildman–Crippen LogP) is 3.94. The number of halogens is 3. The fourth-order valence-corrected chi connectivity index (χ4v) is 4.77. The summed E-state index contributed by atoms with van der Waals surface area (Å²) in [5.41, 5.74) is 0.782. The first-order valence-electron chi connectivity index (χ1n) is 12.9. The molecule has 13 heteroatoms. The predicted molar refractivity (Wildman–Crippen MR) is 147 cm³/mol. The van der Waals surface area contributed by atoms with Gasteiger partial charge in [0.25, 0.3) is 5.91 Å². The molecule has 1 amide bonds. The maximum Gasteiger partial charge on any atom is 0.416 e. The van der Waals surface area contributed by atoms with Crippen LogP contribution in [0.4, 0.5) is 24.8 Å². The Bertz CT molecular complexity index is 1680. The number of hydrogen-bond acceptors (Lipinski definition) is 8. The first kappa shape index (κ1) is 28.2. The number of amides is 1. The van der Waals surface area contributed by atoms with E-state index in [9.17, 15) is 22.8 Å². The molecule has 41 heavy (non-hydrogen) atoms. The maximum absolute atomic E-state index is 14.0. The molecule has 0 aliphatic carbocycles. The fraction of sp³-hybridized carbons (Fsp3) is 0.321. The number of fused-ring (bicyclic) bond motifs is 1. The molecule has 0 spiro atoms. The number of nitrogens with zero attached hydrogens (tertiary/aromatic N) is 5. The van der Waals surface area contributed by atoms with E-state index >= 15 is 0 Å². The summed E-state index contributed by atoms with van der Waals surface area (Å²) in [4.78, 5) is 40.5. The molecular formula is C28H28F3N7O3. The van der Waals surface area contributed by atoms with Gasteiger partial charge in [-0.15, -0.1) is 0 Å². The zero-order valence-electron chi connectivity index (χ0n) is 22.7. The van der Waals surface area contributed by atoms with Gasteiger partial charge in [0.15, 0.2) is 5.65 Å². The lowest BCUT2D eigenvalue weighted by Gasteiger charge is -2.27. The van der Waals surface area contributed by atoms with Gasteiger partial charge in [-0.25, -0.2) is 9.78 Å².